The fourth-order valence-electron chi connectivity index (χ4n) is 2.94. The third-order valence-corrected chi connectivity index (χ3v) is 4.39. The Labute approximate surface area is 121 Å². The Morgan fingerprint density at radius 3 is 2.40 bits per heavy atom. The summed E-state index contributed by atoms with van der Waals surface area (Å²) in [5.41, 5.74) is 1.73. The molecule has 1 N–H and O–H groups in total. The number of hydrogen-bond donors (Lipinski definition) is 1. The molecule has 0 unspecified atom stereocenters. The quantitative estimate of drug-likeness (QED) is 0.850. The number of amides is 1. The Balaban J connectivity index is 2.07. The first-order valence-electron chi connectivity index (χ1n) is 7.38. The van der Waals surface area contributed by atoms with Gasteiger partial charge in [0.2, 0.25) is 0 Å². The summed E-state index contributed by atoms with van der Waals surface area (Å²) in [6.07, 6.45) is 2.09. The molecule has 2 rings (SSSR count). The van der Waals surface area contributed by atoms with E-state index in [1.807, 2.05) is 17.9 Å². The number of likely N-dealkylation sites (tertiary alicyclic amines) is 1. The van der Waals surface area contributed by atoms with Gasteiger partial charge in [-0.15, -0.1) is 0 Å². The molecule has 0 aliphatic carbocycles. The van der Waals surface area contributed by atoms with Crippen LogP contribution in [-0.4, -0.2) is 29.0 Å². The number of carbonyl (C=O) groups is 1. The molecule has 3 nitrogen and oxygen atoms in total. The number of rotatable bonds is 1. The Bertz CT molecular complexity index is 494. The number of aryl methyl sites for hydroxylation is 1. The maximum absolute atomic E-state index is 12.5. The zero-order valence-corrected chi connectivity index (χ0v) is 12.9. The summed E-state index contributed by atoms with van der Waals surface area (Å²) in [6.45, 7) is 10.3. The first-order valence-corrected chi connectivity index (χ1v) is 7.38. The number of benzene rings is 1. The van der Waals surface area contributed by atoms with Crippen LogP contribution < -0.4 is 0 Å². The van der Waals surface area contributed by atoms with Crippen LogP contribution in [-0.2, 0) is 0 Å². The molecule has 0 spiro atoms. The number of phenolic OH excluding ortho intramolecular Hbond substituents is 1. The summed E-state index contributed by atoms with van der Waals surface area (Å²) in [5, 5.41) is 9.87. The molecule has 1 amide bonds. The number of piperidine rings is 1. The molecule has 0 atom stereocenters. The second-order valence-electron chi connectivity index (χ2n) is 6.95. The molecule has 3 heteroatoms. The zero-order valence-electron chi connectivity index (χ0n) is 12.9. The Kier molecular flexibility index (Phi) is 4.07. The molecule has 0 aromatic heterocycles. The molecule has 20 heavy (non-hydrogen) atoms. The van der Waals surface area contributed by atoms with Gasteiger partial charge in [0.25, 0.3) is 5.91 Å². The SMILES string of the molecule is Cc1ccc(O)c(C(=O)N2CCC(C(C)(C)C)CC2)c1. The summed E-state index contributed by atoms with van der Waals surface area (Å²) in [6, 6.07) is 5.19. The number of hydrogen-bond acceptors (Lipinski definition) is 2. The predicted molar refractivity (Wildman–Crippen MR) is 80.9 cm³/mol. The molecule has 0 saturated carbocycles. The highest BCUT2D eigenvalue weighted by molar-refractivity contribution is 5.97. The van der Waals surface area contributed by atoms with E-state index in [-0.39, 0.29) is 11.7 Å². The molecule has 1 fully saturated rings. The second kappa shape index (κ2) is 5.47. The van der Waals surface area contributed by atoms with Gasteiger partial charge in [0.05, 0.1) is 5.56 Å². The highest BCUT2D eigenvalue weighted by Gasteiger charge is 2.31. The van der Waals surface area contributed by atoms with E-state index in [1.165, 1.54) is 0 Å². The molecule has 1 aliphatic heterocycles. The molecule has 0 bridgehead atoms. The Morgan fingerprint density at radius 2 is 1.85 bits per heavy atom. The van der Waals surface area contributed by atoms with Crippen molar-refractivity contribution in [1.29, 1.82) is 0 Å². The van der Waals surface area contributed by atoms with Crippen molar-refractivity contribution in [3.8, 4) is 5.75 Å². The standard InChI is InChI=1S/C17H25NO2/c1-12-5-6-15(19)14(11-12)16(20)18-9-7-13(8-10-18)17(2,3)4/h5-6,11,13,19H,7-10H2,1-4H3. The van der Waals surface area contributed by atoms with E-state index in [0.717, 1.165) is 31.5 Å². The molecule has 1 aliphatic rings. The smallest absolute Gasteiger partial charge is 0.257 e. The van der Waals surface area contributed by atoms with Crippen molar-refractivity contribution in [2.24, 2.45) is 11.3 Å². The van der Waals surface area contributed by atoms with Crippen molar-refractivity contribution < 1.29 is 9.90 Å². The summed E-state index contributed by atoms with van der Waals surface area (Å²) in [5.74, 6) is 0.703. The second-order valence-corrected chi connectivity index (χ2v) is 6.95. The lowest BCUT2D eigenvalue weighted by Gasteiger charge is -2.38. The normalized spacial score (nSPS) is 17.3. The minimum atomic E-state index is -0.0430. The van der Waals surface area contributed by atoms with Crippen LogP contribution in [0.5, 0.6) is 5.75 Å². The first kappa shape index (κ1) is 14.9. The maximum atomic E-state index is 12.5. The van der Waals surface area contributed by atoms with Crippen LogP contribution in [0.4, 0.5) is 0 Å². The molecule has 0 radical (unpaired) electrons. The van der Waals surface area contributed by atoms with E-state index in [1.54, 1.807) is 12.1 Å². The van der Waals surface area contributed by atoms with Gasteiger partial charge in [0, 0.05) is 13.1 Å². The minimum Gasteiger partial charge on any atom is -0.507 e. The molecule has 1 aromatic rings. The van der Waals surface area contributed by atoms with Crippen LogP contribution in [0.1, 0.15) is 49.5 Å². The summed E-state index contributed by atoms with van der Waals surface area (Å²) >= 11 is 0. The van der Waals surface area contributed by atoms with Gasteiger partial charge in [-0.1, -0.05) is 32.4 Å². The summed E-state index contributed by atoms with van der Waals surface area (Å²) in [7, 11) is 0. The average molecular weight is 275 g/mol. The highest BCUT2D eigenvalue weighted by Crippen LogP contribution is 2.35. The van der Waals surface area contributed by atoms with Crippen molar-refractivity contribution in [2.45, 2.75) is 40.5 Å². The van der Waals surface area contributed by atoms with E-state index in [0.29, 0.717) is 16.9 Å². The molecule has 110 valence electrons. The summed E-state index contributed by atoms with van der Waals surface area (Å²) < 4.78 is 0. The lowest BCUT2D eigenvalue weighted by atomic mass is 9.75. The third kappa shape index (κ3) is 3.14. The maximum Gasteiger partial charge on any atom is 0.257 e. The van der Waals surface area contributed by atoms with Crippen LogP contribution in [0.2, 0.25) is 0 Å². The highest BCUT2D eigenvalue weighted by atomic mass is 16.3. The van der Waals surface area contributed by atoms with Gasteiger partial charge in [-0.25, -0.2) is 0 Å². The molecule has 1 saturated heterocycles. The van der Waals surface area contributed by atoms with E-state index >= 15 is 0 Å². The zero-order chi connectivity index (χ0) is 14.9. The molecular formula is C17H25NO2. The lowest BCUT2D eigenvalue weighted by molar-refractivity contribution is 0.0606. The van der Waals surface area contributed by atoms with Crippen molar-refractivity contribution in [3.05, 3.63) is 29.3 Å². The van der Waals surface area contributed by atoms with E-state index in [9.17, 15) is 9.90 Å². The van der Waals surface area contributed by atoms with Crippen LogP contribution in [0.15, 0.2) is 18.2 Å². The van der Waals surface area contributed by atoms with Gasteiger partial charge < -0.3 is 10.0 Å². The van der Waals surface area contributed by atoms with E-state index in [4.69, 9.17) is 0 Å². The van der Waals surface area contributed by atoms with Gasteiger partial charge in [-0.3, -0.25) is 4.79 Å². The van der Waals surface area contributed by atoms with Gasteiger partial charge in [-0.05, 0) is 43.2 Å². The fraction of sp³-hybridized carbons (Fsp3) is 0.588. The first-order chi connectivity index (χ1) is 9.29. The third-order valence-electron chi connectivity index (χ3n) is 4.39. The summed E-state index contributed by atoms with van der Waals surface area (Å²) in [4.78, 5) is 14.4. The van der Waals surface area contributed by atoms with Crippen LogP contribution in [0, 0.1) is 18.3 Å². The van der Waals surface area contributed by atoms with E-state index < -0.39 is 0 Å². The van der Waals surface area contributed by atoms with Crippen molar-refractivity contribution in [3.63, 3.8) is 0 Å². The van der Waals surface area contributed by atoms with Crippen molar-refractivity contribution in [1.82, 2.24) is 4.90 Å². The van der Waals surface area contributed by atoms with Crippen molar-refractivity contribution >= 4 is 5.91 Å². The largest absolute Gasteiger partial charge is 0.507 e. The van der Waals surface area contributed by atoms with Crippen LogP contribution in [0.3, 0.4) is 0 Å². The van der Waals surface area contributed by atoms with E-state index in [2.05, 4.69) is 20.8 Å². The van der Waals surface area contributed by atoms with Gasteiger partial charge in [0.15, 0.2) is 0 Å². The number of phenols is 1. The van der Waals surface area contributed by atoms with Gasteiger partial charge in [0.1, 0.15) is 5.75 Å². The fourth-order valence-corrected chi connectivity index (χ4v) is 2.94. The van der Waals surface area contributed by atoms with Gasteiger partial charge >= 0.3 is 0 Å². The number of carbonyl (C=O) groups excluding carboxylic acids is 1. The van der Waals surface area contributed by atoms with Crippen LogP contribution >= 0.6 is 0 Å². The Hall–Kier alpha value is -1.51. The lowest BCUT2D eigenvalue weighted by Crippen LogP contribution is -2.41. The number of nitrogens with zero attached hydrogens (tertiary/aromatic N) is 1. The minimum absolute atomic E-state index is 0.0430. The average Bonchev–Trinajstić information content (AvgIpc) is 2.40. The van der Waals surface area contributed by atoms with Gasteiger partial charge in [-0.2, -0.15) is 0 Å². The molecule has 1 aromatic carbocycles. The topological polar surface area (TPSA) is 40.5 Å². The number of aromatic hydroxyl groups is 1. The van der Waals surface area contributed by atoms with Crippen LogP contribution in [0.25, 0.3) is 0 Å². The molecular weight excluding hydrogens is 250 g/mol. The Morgan fingerprint density at radius 1 is 1.25 bits per heavy atom. The van der Waals surface area contributed by atoms with Crippen molar-refractivity contribution in [2.75, 3.05) is 13.1 Å². The monoisotopic (exact) mass is 275 g/mol. The molecule has 1 heterocycles. The predicted octanol–water partition coefficient (Wildman–Crippen LogP) is 3.60.